The first-order valence-corrected chi connectivity index (χ1v) is 8.19. The highest BCUT2D eigenvalue weighted by Crippen LogP contribution is 2.30. The smallest absolute Gasteiger partial charge is 0.246 e. The number of sulfonamides is 1. The largest absolute Gasteiger partial charge is 0.387 e. The molecule has 1 aromatic rings. The number of hydrogen-bond acceptors (Lipinski definition) is 4. The van der Waals surface area contributed by atoms with Crippen molar-refractivity contribution >= 4 is 15.7 Å². The van der Waals surface area contributed by atoms with Gasteiger partial charge in [0.15, 0.2) is 0 Å². The molecule has 0 spiro atoms. The van der Waals surface area contributed by atoms with Crippen LogP contribution >= 0.6 is 0 Å². The number of pyridine rings is 1. The summed E-state index contributed by atoms with van der Waals surface area (Å²) in [7, 11) is -1.75. The number of nitrogens with one attached hydrogen (secondary N) is 1. The van der Waals surface area contributed by atoms with E-state index in [1.165, 1.54) is 6.20 Å². The van der Waals surface area contributed by atoms with Gasteiger partial charge in [0, 0.05) is 32.0 Å². The zero-order valence-corrected chi connectivity index (χ0v) is 12.3. The summed E-state index contributed by atoms with van der Waals surface area (Å²) in [6.07, 6.45) is 7.17. The fourth-order valence-corrected chi connectivity index (χ4v) is 4.57. The van der Waals surface area contributed by atoms with Crippen molar-refractivity contribution in [3.05, 3.63) is 18.5 Å². The summed E-state index contributed by atoms with van der Waals surface area (Å²) in [6.45, 7) is 2.40. The third kappa shape index (κ3) is 2.74. The molecule has 0 saturated heterocycles. The summed E-state index contributed by atoms with van der Waals surface area (Å²) in [6, 6.07) is 1.83. The Kier molecular flexibility index (Phi) is 4.42. The lowest BCUT2D eigenvalue weighted by atomic mass is 10.2. The van der Waals surface area contributed by atoms with Crippen LogP contribution in [0.4, 0.5) is 5.69 Å². The topological polar surface area (TPSA) is 62.3 Å². The maximum atomic E-state index is 12.8. The minimum Gasteiger partial charge on any atom is -0.387 e. The van der Waals surface area contributed by atoms with Crippen LogP contribution in [0.1, 0.15) is 32.6 Å². The van der Waals surface area contributed by atoms with Crippen LogP contribution in [0.15, 0.2) is 23.4 Å². The lowest BCUT2D eigenvalue weighted by molar-refractivity contribution is 0.335. The Bertz CT molecular complexity index is 524. The number of rotatable bonds is 5. The second-order valence-electron chi connectivity index (χ2n) is 4.77. The highest BCUT2D eigenvalue weighted by molar-refractivity contribution is 7.89. The van der Waals surface area contributed by atoms with Gasteiger partial charge in [-0.15, -0.1) is 0 Å². The molecule has 0 amide bonds. The molecule has 0 atom stereocenters. The van der Waals surface area contributed by atoms with Gasteiger partial charge in [-0.2, -0.15) is 4.31 Å². The second-order valence-corrected chi connectivity index (χ2v) is 6.63. The van der Waals surface area contributed by atoms with E-state index in [1.54, 1.807) is 23.6 Å². The molecule has 1 saturated carbocycles. The van der Waals surface area contributed by atoms with Gasteiger partial charge in [-0.05, 0) is 18.9 Å². The number of nitrogens with zero attached hydrogens (tertiary/aromatic N) is 2. The van der Waals surface area contributed by atoms with Crippen molar-refractivity contribution in [3.63, 3.8) is 0 Å². The van der Waals surface area contributed by atoms with Crippen LogP contribution in [0.2, 0.25) is 0 Å². The molecule has 1 aromatic heterocycles. The van der Waals surface area contributed by atoms with E-state index in [2.05, 4.69) is 10.3 Å². The minimum atomic E-state index is -3.47. The van der Waals surface area contributed by atoms with Crippen molar-refractivity contribution in [2.24, 2.45) is 0 Å². The van der Waals surface area contributed by atoms with E-state index in [4.69, 9.17) is 0 Å². The van der Waals surface area contributed by atoms with Gasteiger partial charge < -0.3 is 5.32 Å². The molecule has 0 bridgehead atoms. The molecule has 5 nitrogen and oxygen atoms in total. The first-order valence-electron chi connectivity index (χ1n) is 6.75. The van der Waals surface area contributed by atoms with Crippen molar-refractivity contribution in [3.8, 4) is 0 Å². The van der Waals surface area contributed by atoms with E-state index in [0.717, 1.165) is 25.7 Å². The third-order valence-corrected chi connectivity index (χ3v) is 5.74. The van der Waals surface area contributed by atoms with E-state index >= 15 is 0 Å². The van der Waals surface area contributed by atoms with E-state index in [-0.39, 0.29) is 10.9 Å². The van der Waals surface area contributed by atoms with Gasteiger partial charge in [0.1, 0.15) is 4.90 Å². The fourth-order valence-electron chi connectivity index (χ4n) is 2.74. The molecule has 0 radical (unpaired) electrons. The van der Waals surface area contributed by atoms with Crippen molar-refractivity contribution in [2.75, 3.05) is 18.9 Å². The van der Waals surface area contributed by atoms with Gasteiger partial charge in [-0.1, -0.05) is 19.8 Å². The summed E-state index contributed by atoms with van der Waals surface area (Å²) in [5.41, 5.74) is 0.603. The Morgan fingerprint density at radius 2 is 2.11 bits per heavy atom. The van der Waals surface area contributed by atoms with Crippen LogP contribution < -0.4 is 5.32 Å². The standard InChI is InChI=1S/C13H21N3O2S/c1-3-16(11-6-4-5-7-11)19(17,18)13-10-15-9-8-12(13)14-2/h8-11H,3-7H2,1-2H3,(H,14,15). The SMILES string of the molecule is CCN(C1CCCC1)S(=O)(=O)c1cnccc1NC. The van der Waals surface area contributed by atoms with E-state index in [1.807, 2.05) is 6.92 Å². The molecule has 1 aliphatic carbocycles. The molecule has 2 rings (SSSR count). The maximum Gasteiger partial charge on any atom is 0.246 e. The van der Waals surface area contributed by atoms with E-state index < -0.39 is 10.0 Å². The third-order valence-electron chi connectivity index (χ3n) is 3.68. The highest BCUT2D eigenvalue weighted by atomic mass is 32.2. The monoisotopic (exact) mass is 283 g/mol. The van der Waals surface area contributed by atoms with E-state index in [9.17, 15) is 8.42 Å². The first-order chi connectivity index (χ1) is 9.11. The van der Waals surface area contributed by atoms with Crippen molar-refractivity contribution in [1.82, 2.24) is 9.29 Å². The number of hydrogen-bond donors (Lipinski definition) is 1. The Hall–Kier alpha value is -1.14. The summed E-state index contributed by atoms with van der Waals surface area (Å²) < 4.78 is 27.2. The summed E-state index contributed by atoms with van der Waals surface area (Å²) in [5.74, 6) is 0. The number of aromatic nitrogens is 1. The van der Waals surface area contributed by atoms with Gasteiger partial charge in [0.25, 0.3) is 0 Å². The van der Waals surface area contributed by atoms with Gasteiger partial charge in [-0.3, -0.25) is 4.98 Å². The molecule has 1 fully saturated rings. The average molecular weight is 283 g/mol. The predicted molar refractivity (Wildman–Crippen MR) is 75.6 cm³/mol. The zero-order chi connectivity index (χ0) is 13.9. The Morgan fingerprint density at radius 3 is 2.68 bits per heavy atom. The zero-order valence-electron chi connectivity index (χ0n) is 11.5. The first kappa shape index (κ1) is 14.3. The molecule has 1 heterocycles. The molecule has 0 unspecified atom stereocenters. The molecular weight excluding hydrogens is 262 g/mol. The van der Waals surface area contributed by atoms with Gasteiger partial charge in [-0.25, -0.2) is 8.42 Å². The Morgan fingerprint density at radius 1 is 1.42 bits per heavy atom. The Labute approximate surface area is 115 Å². The van der Waals surface area contributed by atoms with E-state index in [0.29, 0.717) is 12.2 Å². The second kappa shape index (κ2) is 5.88. The molecule has 6 heteroatoms. The molecule has 0 aliphatic heterocycles. The summed E-state index contributed by atoms with van der Waals surface area (Å²) >= 11 is 0. The molecule has 106 valence electrons. The molecule has 19 heavy (non-hydrogen) atoms. The highest BCUT2D eigenvalue weighted by Gasteiger charge is 2.33. The van der Waals surface area contributed by atoms with Crippen LogP contribution in [0.3, 0.4) is 0 Å². The van der Waals surface area contributed by atoms with Crippen LogP contribution in [0.25, 0.3) is 0 Å². The van der Waals surface area contributed by atoms with Gasteiger partial charge in [0.2, 0.25) is 10.0 Å². The predicted octanol–water partition coefficient (Wildman–Crippen LogP) is 2.08. The van der Waals surface area contributed by atoms with Crippen LogP contribution in [0.5, 0.6) is 0 Å². The molecule has 0 aromatic carbocycles. The van der Waals surface area contributed by atoms with Crippen molar-refractivity contribution in [1.29, 1.82) is 0 Å². The van der Waals surface area contributed by atoms with Crippen LogP contribution in [-0.2, 0) is 10.0 Å². The fraction of sp³-hybridized carbons (Fsp3) is 0.615. The molecule has 1 N–H and O–H groups in total. The maximum absolute atomic E-state index is 12.8. The minimum absolute atomic E-state index is 0.139. The van der Waals surface area contributed by atoms with Crippen molar-refractivity contribution < 1.29 is 8.42 Å². The van der Waals surface area contributed by atoms with Crippen molar-refractivity contribution in [2.45, 2.75) is 43.5 Å². The summed E-state index contributed by atoms with van der Waals surface area (Å²) in [4.78, 5) is 4.23. The lowest BCUT2D eigenvalue weighted by Crippen LogP contribution is -2.38. The van der Waals surface area contributed by atoms with Crippen LogP contribution in [0, 0.1) is 0 Å². The van der Waals surface area contributed by atoms with Crippen LogP contribution in [-0.4, -0.2) is 37.3 Å². The van der Waals surface area contributed by atoms with Gasteiger partial charge >= 0.3 is 0 Å². The van der Waals surface area contributed by atoms with Gasteiger partial charge in [0.05, 0.1) is 5.69 Å². The molecular formula is C13H21N3O2S. The lowest BCUT2D eigenvalue weighted by Gasteiger charge is -2.27. The summed E-state index contributed by atoms with van der Waals surface area (Å²) in [5, 5.41) is 2.93. The number of anilines is 1. The molecule has 1 aliphatic rings. The Balaban J connectivity index is 2.39. The normalized spacial score (nSPS) is 17.0. The quantitative estimate of drug-likeness (QED) is 0.898. The average Bonchev–Trinajstić information content (AvgIpc) is 2.93.